The van der Waals surface area contributed by atoms with Crippen LogP contribution in [0.2, 0.25) is 0 Å². The van der Waals surface area contributed by atoms with Crippen LogP contribution in [-0.2, 0) is 4.79 Å². The number of nitrogens with two attached hydrogens (primary N) is 1. The van der Waals surface area contributed by atoms with Gasteiger partial charge in [0.2, 0.25) is 0 Å². The van der Waals surface area contributed by atoms with Crippen LogP contribution in [0.15, 0.2) is 0 Å². The summed E-state index contributed by atoms with van der Waals surface area (Å²) in [6.45, 7) is 0.813. The van der Waals surface area contributed by atoms with Gasteiger partial charge >= 0.3 is 5.97 Å². The molecule has 0 amide bonds. The van der Waals surface area contributed by atoms with Gasteiger partial charge in [-0.05, 0) is 45.7 Å². The second-order valence-corrected chi connectivity index (χ2v) is 5.46. The van der Waals surface area contributed by atoms with Crippen LogP contribution in [0.1, 0.15) is 25.7 Å². The Balaban J connectivity index is 2.76. The van der Waals surface area contributed by atoms with Crippen molar-refractivity contribution in [3.05, 3.63) is 0 Å². The summed E-state index contributed by atoms with van der Waals surface area (Å²) in [6.07, 6.45) is 2.92. The lowest BCUT2D eigenvalue weighted by atomic mass is 9.68. The zero-order valence-electron chi connectivity index (χ0n) is 10.7. The van der Waals surface area contributed by atoms with E-state index in [9.17, 15) is 9.90 Å². The molecule has 1 aliphatic rings. The molecular formula is C12H24N2O3. The first-order valence-corrected chi connectivity index (χ1v) is 6.18. The molecule has 0 aromatic rings. The maximum absolute atomic E-state index is 11.4. The van der Waals surface area contributed by atoms with Gasteiger partial charge in [0.1, 0.15) is 5.54 Å². The van der Waals surface area contributed by atoms with E-state index in [2.05, 4.69) is 0 Å². The lowest BCUT2D eigenvalue weighted by molar-refractivity contribution is -0.148. The van der Waals surface area contributed by atoms with Gasteiger partial charge < -0.3 is 20.8 Å². The normalized spacial score (nSPS) is 33.9. The molecule has 1 saturated carbocycles. The van der Waals surface area contributed by atoms with Gasteiger partial charge in [-0.1, -0.05) is 0 Å². The van der Waals surface area contributed by atoms with Crippen molar-refractivity contribution in [2.75, 3.05) is 27.2 Å². The average Bonchev–Trinajstić information content (AvgIpc) is 2.22. The van der Waals surface area contributed by atoms with Crippen molar-refractivity contribution in [1.82, 2.24) is 4.90 Å². The van der Waals surface area contributed by atoms with E-state index < -0.39 is 11.5 Å². The molecule has 0 heterocycles. The van der Waals surface area contributed by atoms with Crippen LogP contribution < -0.4 is 5.73 Å². The highest BCUT2D eigenvalue weighted by atomic mass is 16.4. The molecule has 5 heteroatoms. The standard InChI is InChI=1S/C12H24N2O3/c1-14(2)8-10-4-3-9(5-6-15)7-12(10,13)11(16)17/h9-10,15H,3-8,13H2,1-2H3,(H,16,17)/t9-,10-,12+/m0/s1. The lowest BCUT2D eigenvalue weighted by Crippen LogP contribution is -2.59. The molecule has 4 N–H and O–H groups in total. The van der Waals surface area contributed by atoms with Gasteiger partial charge in [0.15, 0.2) is 0 Å². The summed E-state index contributed by atoms with van der Waals surface area (Å²) in [4.78, 5) is 13.4. The Kier molecular flexibility index (Phi) is 4.91. The minimum atomic E-state index is -1.14. The molecule has 1 aliphatic carbocycles. The van der Waals surface area contributed by atoms with Crippen LogP contribution >= 0.6 is 0 Å². The third kappa shape index (κ3) is 3.40. The SMILES string of the molecule is CN(C)C[C@@H]1CC[C@@H](CCO)C[C@]1(N)C(=O)O. The zero-order valence-corrected chi connectivity index (χ0v) is 10.7. The molecule has 0 spiro atoms. The Morgan fingerprint density at radius 2 is 2.12 bits per heavy atom. The van der Waals surface area contributed by atoms with Crippen molar-refractivity contribution < 1.29 is 15.0 Å². The molecule has 0 radical (unpaired) electrons. The first-order chi connectivity index (χ1) is 7.90. The summed E-state index contributed by atoms with van der Waals surface area (Å²) < 4.78 is 0. The number of rotatable bonds is 5. The molecule has 0 aromatic carbocycles. The smallest absolute Gasteiger partial charge is 0.324 e. The fraction of sp³-hybridized carbons (Fsp3) is 0.917. The monoisotopic (exact) mass is 244 g/mol. The van der Waals surface area contributed by atoms with Gasteiger partial charge in [0.25, 0.3) is 0 Å². The molecule has 100 valence electrons. The maximum Gasteiger partial charge on any atom is 0.324 e. The van der Waals surface area contributed by atoms with Crippen LogP contribution in [0.3, 0.4) is 0 Å². The maximum atomic E-state index is 11.4. The van der Waals surface area contributed by atoms with Crippen LogP contribution in [0.5, 0.6) is 0 Å². The minimum Gasteiger partial charge on any atom is -0.480 e. The van der Waals surface area contributed by atoms with E-state index in [4.69, 9.17) is 10.8 Å². The average molecular weight is 244 g/mol. The second kappa shape index (κ2) is 5.80. The summed E-state index contributed by atoms with van der Waals surface area (Å²) in [6, 6.07) is 0. The van der Waals surface area contributed by atoms with E-state index in [0.29, 0.717) is 19.4 Å². The van der Waals surface area contributed by atoms with E-state index in [1.807, 2.05) is 19.0 Å². The zero-order chi connectivity index (χ0) is 13.1. The number of carboxylic acid groups (broad SMARTS) is 1. The number of aliphatic hydroxyl groups is 1. The Morgan fingerprint density at radius 3 is 2.59 bits per heavy atom. The van der Waals surface area contributed by atoms with Gasteiger partial charge in [-0.15, -0.1) is 0 Å². The largest absolute Gasteiger partial charge is 0.480 e. The minimum absolute atomic E-state index is 0.00931. The number of carboxylic acids is 1. The molecule has 1 fully saturated rings. The molecule has 0 aliphatic heterocycles. The van der Waals surface area contributed by atoms with Crippen molar-refractivity contribution in [2.45, 2.75) is 31.2 Å². The molecular weight excluding hydrogens is 220 g/mol. The number of carbonyl (C=O) groups is 1. The number of aliphatic carboxylic acids is 1. The van der Waals surface area contributed by atoms with Crippen LogP contribution in [0.4, 0.5) is 0 Å². The predicted molar refractivity (Wildman–Crippen MR) is 65.6 cm³/mol. The highest BCUT2D eigenvalue weighted by Gasteiger charge is 2.46. The topological polar surface area (TPSA) is 86.8 Å². The number of hydrogen-bond acceptors (Lipinski definition) is 4. The van der Waals surface area contributed by atoms with E-state index >= 15 is 0 Å². The molecule has 5 nitrogen and oxygen atoms in total. The van der Waals surface area contributed by atoms with Crippen molar-refractivity contribution in [3.8, 4) is 0 Å². The summed E-state index contributed by atoms with van der Waals surface area (Å²) in [5.74, 6) is -0.684. The highest BCUT2D eigenvalue weighted by molar-refractivity contribution is 5.79. The molecule has 17 heavy (non-hydrogen) atoms. The Labute approximate surface area is 103 Å². The van der Waals surface area contributed by atoms with Crippen LogP contribution in [-0.4, -0.2) is 53.9 Å². The Morgan fingerprint density at radius 1 is 1.47 bits per heavy atom. The van der Waals surface area contributed by atoms with Crippen LogP contribution in [0, 0.1) is 11.8 Å². The first kappa shape index (κ1) is 14.4. The summed E-state index contributed by atoms with van der Waals surface area (Å²) >= 11 is 0. The Hall–Kier alpha value is -0.650. The van der Waals surface area contributed by atoms with Crippen molar-refractivity contribution in [2.24, 2.45) is 17.6 Å². The highest BCUT2D eigenvalue weighted by Crippen LogP contribution is 2.37. The van der Waals surface area contributed by atoms with Gasteiger partial charge in [-0.2, -0.15) is 0 Å². The molecule has 3 atom stereocenters. The quantitative estimate of drug-likeness (QED) is 0.640. The molecule has 0 saturated heterocycles. The van der Waals surface area contributed by atoms with Gasteiger partial charge in [0, 0.05) is 19.1 Å². The second-order valence-electron chi connectivity index (χ2n) is 5.46. The van der Waals surface area contributed by atoms with Crippen molar-refractivity contribution in [3.63, 3.8) is 0 Å². The third-order valence-corrected chi connectivity index (χ3v) is 3.80. The summed E-state index contributed by atoms with van der Waals surface area (Å²) in [5, 5.41) is 18.3. The number of nitrogens with zero attached hydrogens (tertiary/aromatic N) is 1. The third-order valence-electron chi connectivity index (χ3n) is 3.80. The van der Waals surface area contributed by atoms with E-state index in [0.717, 1.165) is 12.8 Å². The first-order valence-electron chi connectivity index (χ1n) is 6.18. The van der Waals surface area contributed by atoms with Gasteiger partial charge in [-0.3, -0.25) is 4.79 Å². The fourth-order valence-electron chi connectivity index (χ4n) is 2.83. The van der Waals surface area contributed by atoms with E-state index in [1.54, 1.807) is 0 Å². The van der Waals surface area contributed by atoms with E-state index in [1.165, 1.54) is 0 Å². The number of hydrogen-bond donors (Lipinski definition) is 3. The number of aliphatic hydroxyl groups excluding tert-OH is 1. The van der Waals surface area contributed by atoms with Crippen molar-refractivity contribution >= 4 is 5.97 Å². The summed E-state index contributed by atoms with van der Waals surface area (Å²) in [7, 11) is 3.87. The molecule has 1 rings (SSSR count). The molecule has 0 bridgehead atoms. The van der Waals surface area contributed by atoms with Gasteiger partial charge in [-0.25, -0.2) is 0 Å². The lowest BCUT2D eigenvalue weighted by Gasteiger charge is -2.42. The van der Waals surface area contributed by atoms with Crippen molar-refractivity contribution in [1.29, 1.82) is 0 Å². The summed E-state index contributed by atoms with van der Waals surface area (Å²) in [5.41, 5.74) is 4.97. The predicted octanol–water partition coefficient (Wildman–Crippen LogP) is 0.129. The van der Waals surface area contributed by atoms with Crippen LogP contribution in [0.25, 0.3) is 0 Å². The molecule has 0 aromatic heterocycles. The fourth-order valence-corrected chi connectivity index (χ4v) is 2.83. The Bertz CT molecular complexity index is 270. The van der Waals surface area contributed by atoms with Gasteiger partial charge in [0.05, 0.1) is 0 Å². The molecule has 0 unspecified atom stereocenters. The van der Waals surface area contributed by atoms with E-state index in [-0.39, 0.29) is 18.4 Å².